The molecule has 0 amide bonds. The van der Waals surface area contributed by atoms with Crippen molar-refractivity contribution in [3.8, 4) is 0 Å². The number of nitrogens with zero attached hydrogens (tertiary/aromatic N) is 1. The van der Waals surface area contributed by atoms with E-state index in [1.807, 2.05) is 19.1 Å². The van der Waals surface area contributed by atoms with Gasteiger partial charge in [0.15, 0.2) is 0 Å². The van der Waals surface area contributed by atoms with E-state index in [1.54, 1.807) is 31.3 Å². The van der Waals surface area contributed by atoms with Gasteiger partial charge in [-0.1, -0.05) is 17.7 Å². The molecule has 25 heavy (non-hydrogen) atoms. The van der Waals surface area contributed by atoms with Crippen molar-refractivity contribution in [1.29, 1.82) is 0 Å². The third kappa shape index (κ3) is 4.49. The summed E-state index contributed by atoms with van der Waals surface area (Å²) < 4.78 is 33.2. The van der Waals surface area contributed by atoms with Gasteiger partial charge in [-0.05, 0) is 50.5 Å². The number of nitrogens with one attached hydrogen (secondary N) is 2. The largest absolute Gasteiger partial charge is 0.381 e. The van der Waals surface area contributed by atoms with Crippen molar-refractivity contribution in [2.24, 2.45) is 0 Å². The Morgan fingerprint density at radius 3 is 2.72 bits per heavy atom. The predicted octanol–water partition coefficient (Wildman–Crippen LogP) is 3.09. The number of anilines is 2. The van der Waals surface area contributed by atoms with Crippen LogP contribution in [0.3, 0.4) is 0 Å². The van der Waals surface area contributed by atoms with Crippen LogP contribution in [0.25, 0.3) is 0 Å². The van der Waals surface area contributed by atoms with Crippen molar-refractivity contribution in [1.82, 2.24) is 4.98 Å². The van der Waals surface area contributed by atoms with E-state index in [-0.39, 0.29) is 11.0 Å². The maximum Gasteiger partial charge on any atom is 0.263 e. The monoisotopic (exact) mass is 361 g/mol. The van der Waals surface area contributed by atoms with Gasteiger partial charge >= 0.3 is 0 Å². The minimum Gasteiger partial charge on any atom is -0.381 e. The Balaban J connectivity index is 1.65. The minimum absolute atomic E-state index is 0.239. The molecule has 1 aliphatic heterocycles. The van der Waals surface area contributed by atoms with Gasteiger partial charge in [0.1, 0.15) is 5.82 Å². The van der Waals surface area contributed by atoms with Gasteiger partial charge in [-0.25, -0.2) is 13.4 Å². The SMILES string of the molecule is Cc1ccc(S(=O)(=O)Nc2ccc(NCC3CCCO3)cn2)c(C)c1. The fraction of sp³-hybridized carbons (Fsp3) is 0.389. The molecule has 134 valence electrons. The highest BCUT2D eigenvalue weighted by Gasteiger charge is 2.18. The van der Waals surface area contributed by atoms with Crippen LogP contribution in [0.1, 0.15) is 24.0 Å². The van der Waals surface area contributed by atoms with Gasteiger partial charge in [-0.15, -0.1) is 0 Å². The summed E-state index contributed by atoms with van der Waals surface area (Å²) in [5.74, 6) is 0.294. The molecule has 1 aromatic heterocycles. The van der Waals surface area contributed by atoms with Crippen LogP contribution >= 0.6 is 0 Å². The number of hydrogen-bond donors (Lipinski definition) is 2. The van der Waals surface area contributed by atoms with Crippen molar-refractivity contribution < 1.29 is 13.2 Å². The van der Waals surface area contributed by atoms with Crippen molar-refractivity contribution in [3.05, 3.63) is 47.7 Å². The molecule has 2 N–H and O–H groups in total. The maximum absolute atomic E-state index is 12.5. The summed E-state index contributed by atoms with van der Waals surface area (Å²) in [7, 11) is -3.65. The topological polar surface area (TPSA) is 80.3 Å². The zero-order valence-corrected chi connectivity index (χ0v) is 15.3. The number of aromatic nitrogens is 1. The number of ether oxygens (including phenoxy) is 1. The van der Waals surface area contributed by atoms with Crippen LogP contribution in [0.2, 0.25) is 0 Å². The quantitative estimate of drug-likeness (QED) is 0.826. The maximum atomic E-state index is 12.5. The lowest BCUT2D eigenvalue weighted by atomic mass is 10.2. The van der Waals surface area contributed by atoms with E-state index >= 15 is 0 Å². The first-order valence-electron chi connectivity index (χ1n) is 8.36. The molecule has 0 saturated carbocycles. The predicted molar refractivity (Wildman–Crippen MR) is 98.4 cm³/mol. The zero-order valence-electron chi connectivity index (χ0n) is 14.5. The Kier molecular flexibility index (Phi) is 5.24. The number of rotatable bonds is 6. The van der Waals surface area contributed by atoms with Crippen molar-refractivity contribution >= 4 is 21.5 Å². The smallest absolute Gasteiger partial charge is 0.263 e. The molecule has 0 spiro atoms. The summed E-state index contributed by atoms with van der Waals surface area (Å²) >= 11 is 0. The van der Waals surface area contributed by atoms with Gasteiger partial charge in [0, 0.05) is 13.2 Å². The lowest BCUT2D eigenvalue weighted by Gasteiger charge is -2.13. The van der Waals surface area contributed by atoms with E-state index in [0.29, 0.717) is 11.4 Å². The van der Waals surface area contributed by atoms with Gasteiger partial charge < -0.3 is 10.1 Å². The lowest BCUT2D eigenvalue weighted by Crippen LogP contribution is -2.18. The Morgan fingerprint density at radius 2 is 2.08 bits per heavy atom. The molecule has 0 radical (unpaired) electrons. The highest BCUT2D eigenvalue weighted by atomic mass is 32.2. The van der Waals surface area contributed by atoms with Crippen LogP contribution in [-0.2, 0) is 14.8 Å². The van der Waals surface area contributed by atoms with Gasteiger partial charge in [-0.2, -0.15) is 0 Å². The molecule has 7 heteroatoms. The molecule has 1 atom stereocenters. The summed E-state index contributed by atoms with van der Waals surface area (Å²) in [5, 5.41) is 3.26. The first-order chi connectivity index (χ1) is 11.9. The van der Waals surface area contributed by atoms with Crippen LogP contribution in [0.5, 0.6) is 0 Å². The van der Waals surface area contributed by atoms with Crippen LogP contribution in [0.15, 0.2) is 41.4 Å². The lowest BCUT2D eigenvalue weighted by molar-refractivity contribution is 0.120. The third-order valence-corrected chi connectivity index (χ3v) is 5.70. The van der Waals surface area contributed by atoms with Crippen LogP contribution < -0.4 is 10.0 Å². The van der Waals surface area contributed by atoms with E-state index in [9.17, 15) is 8.42 Å². The number of aryl methyl sites for hydroxylation is 2. The van der Waals surface area contributed by atoms with Gasteiger partial charge in [0.05, 0.1) is 22.9 Å². The molecule has 1 aromatic carbocycles. The van der Waals surface area contributed by atoms with Crippen LogP contribution in [-0.4, -0.2) is 32.7 Å². The molecule has 0 aliphatic carbocycles. The highest BCUT2D eigenvalue weighted by Crippen LogP contribution is 2.20. The van der Waals surface area contributed by atoms with E-state index in [2.05, 4.69) is 15.0 Å². The molecule has 2 heterocycles. The van der Waals surface area contributed by atoms with Crippen LogP contribution in [0.4, 0.5) is 11.5 Å². The fourth-order valence-corrected chi connectivity index (χ4v) is 4.13. The minimum atomic E-state index is -3.65. The first kappa shape index (κ1) is 17.7. The van der Waals surface area contributed by atoms with Gasteiger partial charge in [0.2, 0.25) is 0 Å². The Morgan fingerprint density at radius 1 is 1.24 bits per heavy atom. The summed E-state index contributed by atoms with van der Waals surface area (Å²) in [5.41, 5.74) is 2.57. The number of hydrogen-bond acceptors (Lipinski definition) is 5. The number of benzene rings is 1. The van der Waals surface area contributed by atoms with Gasteiger partial charge in [-0.3, -0.25) is 4.72 Å². The third-order valence-electron chi connectivity index (χ3n) is 4.18. The second kappa shape index (κ2) is 7.41. The van der Waals surface area contributed by atoms with Crippen molar-refractivity contribution in [2.45, 2.75) is 37.7 Å². The second-order valence-electron chi connectivity index (χ2n) is 6.32. The van der Waals surface area contributed by atoms with E-state index < -0.39 is 10.0 Å². The molecule has 2 aromatic rings. The first-order valence-corrected chi connectivity index (χ1v) is 9.84. The van der Waals surface area contributed by atoms with Gasteiger partial charge in [0.25, 0.3) is 10.0 Å². The molecular formula is C18H23N3O3S. The molecular weight excluding hydrogens is 338 g/mol. The summed E-state index contributed by atoms with van der Waals surface area (Å²) in [6, 6.07) is 8.71. The Bertz CT molecular complexity index is 829. The van der Waals surface area contributed by atoms with E-state index in [4.69, 9.17) is 4.74 Å². The second-order valence-corrected chi connectivity index (χ2v) is 7.97. The summed E-state index contributed by atoms with van der Waals surface area (Å²) in [6.07, 6.45) is 4.02. The van der Waals surface area contributed by atoms with Crippen molar-refractivity contribution in [2.75, 3.05) is 23.2 Å². The molecule has 1 unspecified atom stereocenters. The van der Waals surface area contributed by atoms with E-state index in [1.165, 1.54) is 0 Å². The van der Waals surface area contributed by atoms with E-state index in [0.717, 1.165) is 37.2 Å². The summed E-state index contributed by atoms with van der Waals surface area (Å²) in [6.45, 7) is 5.27. The van der Waals surface area contributed by atoms with Crippen molar-refractivity contribution in [3.63, 3.8) is 0 Å². The molecule has 3 rings (SSSR count). The Hall–Kier alpha value is -2.12. The fourth-order valence-electron chi connectivity index (χ4n) is 2.89. The molecule has 0 bridgehead atoms. The normalized spacial score (nSPS) is 17.4. The molecule has 1 saturated heterocycles. The molecule has 1 aliphatic rings. The summed E-state index contributed by atoms with van der Waals surface area (Å²) in [4.78, 5) is 4.45. The van der Waals surface area contributed by atoms with Crippen LogP contribution in [0, 0.1) is 13.8 Å². The molecule has 6 nitrogen and oxygen atoms in total. The molecule has 1 fully saturated rings. The average molecular weight is 361 g/mol. The Labute approximate surface area is 148 Å². The standard InChI is InChI=1S/C18H23N3O3S/c1-13-5-7-17(14(2)10-13)25(22,23)21-18-8-6-15(11-20-18)19-12-16-4-3-9-24-16/h5-8,10-11,16,19H,3-4,9,12H2,1-2H3,(H,20,21). The average Bonchev–Trinajstić information content (AvgIpc) is 3.07. The number of sulfonamides is 1. The number of pyridine rings is 1. The zero-order chi connectivity index (χ0) is 17.9. The highest BCUT2D eigenvalue weighted by molar-refractivity contribution is 7.92.